The average Bonchev–Trinajstić information content (AvgIpc) is 3.19. The zero-order valence-corrected chi connectivity index (χ0v) is 18.2. The number of amidine groups is 3. The molecule has 2 heterocycles. The van der Waals surface area contributed by atoms with Crippen LogP contribution in [0.25, 0.3) is 6.08 Å². The first-order valence-electron chi connectivity index (χ1n) is 9.08. The second kappa shape index (κ2) is 8.94. The molecule has 31 heavy (non-hydrogen) atoms. The minimum Gasteiger partial charge on any atom is -0.493 e. The smallest absolute Gasteiger partial charge is 0.283 e. The van der Waals surface area contributed by atoms with Gasteiger partial charge in [-0.15, -0.1) is 0 Å². The molecule has 0 aliphatic carbocycles. The number of methoxy groups -OCH3 is 1. The molecule has 158 valence electrons. The lowest BCUT2D eigenvalue weighted by atomic mass is 10.1. The van der Waals surface area contributed by atoms with E-state index in [1.54, 1.807) is 41.3 Å². The van der Waals surface area contributed by atoms with Gasteiger partial charge < -0.3 is 9.47 Å². The molecule has 10 heteroatoms. The van der Waals surface area contributed by atoms with Gasteiger partial charge in [0.05, 0.1) is 24.6 Å². The van der Waals surface area contributed by atoms with E-state index in [0.29, 0.717) is 27.4 Å². The van der Waals surface area contributed by atoms with Crippen LogP contribution in [0.3, 0.4) is 0 Å². The molecule has 7 nitrogen and oxygen atoms in total. The lowest BCUT2D eigenvalue weighted by Crippen LogP contribution is -2.41. The molecule has 0 radical (unpaired) electrons. The number of nitrogens with zero attached hydrogens (tertiary/aromatic N) is 3. The lowest BCUT2D eigenvalue weighted by Gasteiger charge is -2.23. The zero-order valence-electron chi connectivity index (χ0n) is 16.6. The number of hydrogen-bond acceptors (Lipinski definition) is 7. The van der Waals surface area contributed by atoms with Gasteiger partial charge in [0.25, 0.3) is 5.91 Å². The molecule has 0 saturated carbocycles. The largest absolute Gasteiger partial charge is 0.493 e. The molecule has 0 saturated heterocycles. The molecule has 0 atom stereocenters. The Kier molecular flexibility index (Phi) is 6.10. The maximum Gasteiger partial charge on any atom is 0.283 e. The number of hydrogen-bond donors (Lipinski definition) is 1. The monoisotopic (exact) mass is 456 g/mol. The highest BCUT2D eigenvalue weighted by Crippen LogP contribution is 2.33. The van der Waals surface area contributed by atoms with Gasteiger partial charge >= 0.3 is 0 Å². The number of carbonyl (C=O) groups excluding carboxylic acids is 1. The van der Waals surface area contributed by atoms with Gasteiger partial charge in [-0.2, -0.15) is 9.39 Å². The number of thioether (sulfide) groups is 1. The van der Waals surface area contributed by atoms with E-state index in [0.717, 1.165) is 17.5 Å². The summed E-state index contributed by atoms with van der Waals surface area (Å²) in [5, 5.41) is 9.46. The van der Waals surface area contributed by atoms with E-state index >= 15 is 0 Å². The third kappa shape index (κ3) is 4.35. The van der Waals surface area contributed by atoms with Crippen LogP contribution in [0.1, 0.15) is 11.1 Å². The van der Waals surface area contributed by atoms with E-state index in [-0.39, 0.29) is 23.8 Å². The molecule has 0 fully saturated rings. The number of benzene rings is 2. The summed E-state index contributed by atoms with van der Waals surface area (Å²) in [4.78, 5) is 18.1. The van der Waals surface area contributed by atoms with E-state index in [4.69, 9.17) is 14.9 Å². The molecule has 1 amide bonds. The minimum atomic E-state index is -0.489. The number of carbonyl (C=O) groups is 1. The van der Waals surface area contributed by atoms with Crippen molar-refractivity contribution in [3.63, 3.8) is 0 Å². The maximum atomic E-state index is 13.0. The normalized spacial score (nSPS) is 16.9. The van der Waals surface area contributed by atoms with Gasteiger partial charge in [0.15, 0.2) is 16.7 Å². The fraction of sp³-hybridized carbons (Fsp3) is 0.143. The van der Waals surface area contributed by atoms with Crippen LogP contribution < -0.4 is 9.47 Å². The van der Waals surface area contributed by atoms with Crippen molar-refractivity contribution in [3.8, 4) is 11.5 Å². The van der Waals surface area contributed by atoms with Crippen molar-refractivity contribution in [1.82, 2.24) is 4.90 Å². The first-order chi connectivity index (χ1) is 15.0. The predicted molar refractivity (Wildman–Crippen MR) is 122 cm³/mol. The quantitative estimate of drug-likeness (QED) is 0.532. The van der Waals surface area contributed by atoms with Crippen molar-refractivity contribution >= 4 is 51.9 Å². The number of amides is 1. The summed E-state index contributed by atoms with van der Waals surface area (Å²) in [5.41, 5.74) is 1.64. The number of nitrogens with one attached hydrogen (secondary N) is 1. The van der Waals surface area contributed by atoms with Crippen LogP contribution in [0.5, 0.6) is 11.5 Å². The molecule has 0 unspecified atom stereocenters. The van der Waals surface area contributed by atoms with Crippen molar-refractivity contribution in [3.05, 3.63) is 65.0 Å². The molecular weight excluding hydrogens is 439 g/mol. The van der Waals surface area contributed by atoms with Gasteiger partial charge in [-0.05, 0) is 47.7 Å². The summed E-state index contributed by atoms with van der Waals surface area (Å²) in [6.45, 7) is 0.251. The van der Waals surface area contributed by atoms with Crippen LogP contribution in [0.4, 0.5) is 4.39 Å². The number of fused-ring (bicyclic) bond motifs is 1. The first kappa shape index (κ1) is 21.1. The third-order valence-corrected chi connectivity index (χ3v) is 5.94. The summed E-state index contributed by atoms with van der Waals surface area (Å²) in [7, 11) is 1.52. The van der Waals surface area contributed by atoms with E-state index in [2.05, 4.69) is 9.39 Å². The topological polar surface area (TPSA) is 87.3 Å². The van der Waals surface area contributed by atoms with E-state index in [1.165, 1.54) is 31.0 Å². The van der Waals surface area contributed by atoms with Crippen molar-refractivity contribution in [1.29, 1.82) is 5.41 Å². The Labute approximate surface area is 186 Å². The molecule has 2 aromatic carbocycles. The molecule has 2 aliphatic rings. The Morgan fingerprint density at radius 3 is 2.71 bits per heavy atom. The maximum absolute atomic E-state index is 13.0. The summed E-state index contributed by atoms with van der Waals surface area (Å²) >= 11 is 2.47. The van der Waals surface area contributed by atoms with E-state index in [1.807, 2.05) is 6.26 Å². The Morgan fingerprint density at radius 1 is 1.23 bits per heavy atom. The number of halogens is 1. The van der Waals surface area contributed by atoms with Gasteiger partial charge in [0.1, 0.15) is 18.3 Å². The van der Waals surface area contributed by atoms with Crippen LogP contribution in [-0.2, 0) is 11.4 Å². The second-order valence-electron chi connectivity index (χ2n) is 6.44. The highest BCUT2D eigenvalue weighted by Gasteiger charge is 2.36. The van der Waals surface area contributed by atoms with Crippen LogP contribution in [0.15, 0.2) is 57.4 Å². The minimum absolute atomic E-state index is 0.0312. The standard InChI is InChI=1S/C21H17FN4O3S2/c1-28-17-10-13(5-8-16(17)29-11-12-3-6-14(22)7-4-12)9-15-18(23)26-20(24-19(15)27)31-25-21(26)30-2/h3-10,23H,11H2,1-2H3/b15-9-,23-18?. The highest BCUT2D eigenvalue weighted by atomic mass is 32.2. The molecule has 1 N–H and O–H groups in total. The molecule has 2 aromatic rings. The lowest BCUT2D eigenvalue weighted by molar-refractivity contribution is -0.114. The molecule has 0 bridgehead atoms. The average molecular weight is 457 g/mol. The fourth-order valence-electron chi connectivity index (χ4n) is 2.93. The van der Waals surface area contributed by atoms with Crippen LogP contribution in [0, 0.1) is 11.2 Å². The number of ether oxygens (including phenoxy) is 2. The summed E-state index contributed by atoms with van der Waals surface area (Å²) < 4.78 is 28.5. The Morgan fingerprint density at radius 2 is 2.00 bits per heavy atom. The predicted octanol–water partition coefficient (Wildman–Crippen LogP) is 4.35. The van der Waals surface area contributed by atoms with Gasteiger partial charge in [-0.25, -0.2) is 9.29 Å². The zero-order chi connectivity index (χ0) is 22.0. The van der Waals surface area contributed by atoms with Gasteiger partial charge in [-0.1, -0.05) is 30.0 Å². The fourth-order valence-corrected chi connectivity index (χ4v) is 4.39. The van der Waals surface area contributed by atoms with Crippen LogP contribution >= 0.6 is 23.7 Å². The van der Waals surface area contributed by atoms with Crippen molar-refractivity contribution in [2.75, 3.05) is 13.4 Å². The van der Waals surface area contributed by atoms with Gasteiger partial charge in [0.2, 0.25) is 5.17 Å². The Bertz CT molecular complexity index is 1150. The SMILES string of the molecule is COc1cc(/C=C2/C(=N)N3C(SC)=NSC3=NC2=O)ccc1OCc1ccc(F)cc1. The van der Waals surface area contributed by atoms with Gasteiger partial charge in [0, 0.05) is 0 Å². The first-order valence-corrected chi connectivity index (χ1v) is 11.1. The Balaban J connectivity index is 1.56. The second-order valence-corrected chi connectivity index (χ2v) is 7.94. The van der Waals surface area contributed by atoms with E-state index < -0.39 is 5.91 Å². The summed E-state index contributed by atoms with van der Waals surface area (Å²) in [6, 6.07) is 11.3. The number of rotatable bonds is 5. The Hall–Kier alpha value is -3.11. The molecule has 4 rings (SSSR count). The summed E-state index contributed by atoms with van der Waals surface area (Å²) in [6.07, 6.45) is 3.45. The summed E-state index contributed by atoms with van der Waals surface area (Å²) in [5.74, 6) is 0.215. The molecule has 2 aliphatic heterocycles. The van der Waals surface area contributed by atoms with Crippen LogP contribution in [-0.4, -0.2) is 40.3 Å². The van der Waals surface area contributed by atoms with Crippen LogP contribution in [0.2, 0.25) is 0 Å². The highest BCUT2D eigenvalue weighted by molar-refractivity contribution is 8.18. The number of aliphatic imine (C=N–C) groups is 1. The van der Waals surface area contributed by atoms with Crippen molar-refractivity contribution in [2.45, 2.75) is 6.61 Å². The molecule has 0 spiro atoms. The van der Waals surface area contributed by atoms with Crippen molar-refractivity contribution in [2.24, 2.45) is 9.39 Å². The van der Waals surface area contributed by atoms with Gasteiger partial charge in [-0.3, -0.25) is 10.2 Å². The van der Waals surface area contributed by atoms with E-state index in [9.17, 15) is 9.18 Å². The molecule has 0 aromatic heterocycles. The molecular formula is C21H17FN4O3S2. The van der Waals surface area contributed by atoms with Crippen molar-refractivity contribution < 1.29 is 18.7 Å². The third-order valence-electron chi connectivity index (χ3n) is 4.48.